The molecule has 0 fully saturated rings. The van der Waals surface area contributed by atoms with Gasteiger partial charge in [0, 0.05) is 0 Å². The van der Waals surface area contributed by atoms with Gasteiger partial charge in [-0.15, -0.1) is 0 Å². The molecule has 0 radical (unpaired) electrons. The largest absolute Gasteiger partial charge is 0.392 e. The van der Waals surface area contributed by atoms with Crippen molar-refractivity contribution in [2.75, 3.05) is 6.61 Å². The summed E-state index contributed by atoms with van der Waals surface area (Å²) in [7, 11) is 0. The summed E-state index contributed by atoms with van der Waals surface area (Å²) in [5.74, 6) is 0. The second-order valence-corrected chi connectivity index (χ2v) is 3.75. The molecule has 0 heterocycles. The van der Waals surface area contributed by atoms with E-state index in [1.54, 1.807) is 0 Å². The van der Waals surface area contributed by atoms with Crippen LogP contribution in [0.3, 0.4) is 0 Å². The Bertz CT molecular complexity index is 287. The van der Waals surface area contributed by atoms with Crippen LogP contribution in [0, 0.1) is 0 Å². The lowest BCUT2D eigenvalue weighted by Crippen LogP contribution is -1.90. The van der Waals surface area contributed by atoms with E-state index in [0.717, 1.165) is 17.6 Å². The fourth-order valence-corrected chi connectivity index (χ4v) is 1.60. The van der Waals surface area contributed by atoms with Crippen LogP contribution in [0.5, 0.6) is 0 Å². The van der Waals surface area contributed by atoms with Crippen molar-refractivity contribution in [2.45, 2.75) is 32.6 Å². The third-order valence-corrected chi connectivity index (χ3v) is 2.51. The molecule has 15 heavy (non-hydrogen) atoms. The van der Waals surface area contributed by atoms with Gasteiger partial charge in [0.05, 0.1) is 6.61 Å². The molecule has 0 bridgehead atoms. The Morgan fingerprint density at radius 3 is 2.53 bits per heavy atom. The smallest absolute Gasteiger partial charge is 0.0684 e. The average molecular weight is 204 g/mol. The molecule has 1 aromatic carbocycles. The molecule has 0 aliphatic heterocycles. The minimum Gasteiger partial charge on any atom is -0.392 e. The predicted molar refractivity (Wildman–Crippen MR) is 65.6 cm³/mol. The maximum atomic E-state index is 9.27. The summed E-state index contributed by atoms with van der Waals surface area (Å²) >= 11 is 0. The zero-order valence-electron chi connectivity index (χ0n) is 9.45. The first-order valence-electron chi connectivity index (χ1n) is 5.73. The highest BCUT2D eigenvalue weighted by atomic mass is 16.3. The monoisotopic (exact) mass is 204 g/mol. The molecular formula is C14H20O. The van der Waals surface area contributed by atoms with Crippen LogP contribution in [0.4, 0.5) is 0 Å². The van der Waals surface area contributed by atoms with Gasteiger partial charge >= 0.3 is 0 Å². The van der Waals surface area contributed by atoms with Gasteiger partial charge in [-0.25, -0.2) is 0 Å². The molecular weight excluding hydrogens is 184 g/mol. The topological polar surface area (TPSA) is 20.2 Å². The van der Waals surface area contributed by atoms with Gasteiger partial charge in [0.25, 0.3) is 0 Å². The maximum Gasteiger partial charge on any atom is 0.0684 e. The molecule has 0 aliphatic rings. The SMILES string of the molecule is CCCCC/C=C(/CO)c1ccccc1. The van der Waals surface area contributed by atoms with Crippen molar-refractivity contribution in [1.29, 1.82) is 0 Å². The van der Waals surface area contributed by atoms with E-state index < -0.39 is 0 Å². The lowest BCUT2D eigenvalue weighted by atomic mass is 10.0. The molecule has 0 aromatic heterocycles. The number of benzene rings is 1. The third-order valence-electron chi connectivity index (χ3n) is 2.51. The number of hydrogen-bond donors (Lipinski definition) is 1. The van der Waals surface area contributed by atoms with E-state index in [-0.39, 0.29) is 6.61 Å². The van der Waals surface area contributed by atoms with E-state index in [4.69, 9.17) is 0 Å². The van der Waals surface area contributed by atoms with Gasteiger partial charge in [-0.05, 0) is 24.0 Å². The number of rotatable bonds is 6. The second-order valence-electron chi connectivity index (χ2n) is 3.75. The van der Waals surface area contributed by atoms with Crippen molar-refractivity contribution >= 4 is 5.57 Å². The Morgan fingerprint density at radius 2 is 1.93 bits per heavy atom. The molecule has 1 nitrogen and oxygen atoms in total. The quantitative estimate of drug-likeness (QED) is 0.701. The fourth-order valence-electron chi connectivity index (χ4n) is 1.60. The van der Waals surface area contributed by atoms with Gasteiger partial charge in [-0.2, -0.15) is 0 Å². The summed E-state index contributed by atoms with van der Waals surface area (Å²) in [6.07, 6.45) is 6.95. The van der Waals surface area contributed by atoms with Crippen LogP contribution in [0.2, 0.25) is 0 Å². The van der Waals surface area contributed by atoms with Crippen molar-refractivity contribution in [3.8, 4) is 0 Å². The molecule has 1 aromatic rings. The summed E-state index contributed by atoms with van der Waals surface area (Å²) in [6.45, 7) is 2.34. The molecule has 0 atom stereocenters. The molecule has 1 rings (SSSR count). The van der Waals surface area contributed by atoms with E-state index in [0.29, 0.717) is 0 Å². The van der Waals surface area contributed by atoms with Crippen LogP contribution >= 0.6 is 0 Å². The van der Waals surface area contributed by atoms with Gasteiger partial charge in [0.15, 0.2) is 0 Å². The zero-order chi connectivity index (χ0) is 10.9. The average Bonchev–Trinajstić information content (AvgIpc) is 2.30. The first kappa shape index (κ1) is 12.0. The zero-order valence-corrected chi connectivity index (χ0v) is 9.45. The van der Waals surface area contributed by atoms with E-state index in [9.17, 15) is 5.11 Å². The van der Waals surface area contributed by atoms with Crippen molar-refractivity contribution in [2.24, 2.45) is 0 Å². The number of allylic oxidation sites excluding steroid dienone is 1. The maximum absolute atomic E-state index is 9.27. The molecule has 0 aliphatic carbocycles. The molecule has 0 unspecified atom stereocenters. The summed E-state index contributed by atoms with van der Waals surface area (Å²) in [4.78, 5) is 0. The Kier molecular flexibility index (Phi) is 5.79. The van der Waals surface area contributed by atoms with Gasteiger partial charge in [0.2, 0.25) is 0 Å². The van der Waals surface area contributed by atoms with Gasteiger partial charge in [-0.1, -0.05) is 56.2 Å². The number of aliphatic hydroxyl groups excluding tert-OH is 1. The standard InChI is InChI=1S/C14H20O/c1-2-3-4-6-11-14(12-15)13-9-7-5-8-10-13/h5,7-11,15H,2-4,6,12H2,1H3/b14-11-. The molecule has 82 valence electrons. The van der Waals surface area contributed by atoms with Crippen LogP contribution in [0.1, 0.15) is 38.2 Å². The Balaban J connectivity index is 2.55. The highest BCUT2D eigenvalue weighted by molar-refractivity contribution is 5.65. The van der Waals surface area contributed by atoms with Crippen molar-refractivity contribution < 1.29 is 5.11 Å². The second kappa shape index (κ2) is 7.24. The molecule has 0 saturated carbocycles. The van der Waals surface area contributed by atoms with Crippen LogP contribution in [0.25, 0.3) is 5.57 Å². The predicted octanol–water partition coefficient (Wildman–Crippen LogP) is 3.64. The van der Waals surface area contributed by atoms with Crippen LogP contribution < -0.4 is 0 Å². The Morgan fingerprint density at radius 1 is 1.20 bits per heavy atom. The van der Waals surface area contributed by atoms with Gasteiger partial charge < -0.3 is 5.11 Å². The normalized spacial score (nSPS) is 11.7. The minimum atomic E-state index is 0.135. The van der Waals surface area contributed by atoms with Crippen molar-refractivity contribution in [3.63, 3.8) is 0 Å². The lowest BCUT2D eigenvalue weighted by molar-refractivity contribution is 0.350. The minimum absolute atomic E-state index is 0.135. The number of unbranched alkanes of at least 4 members (excludes halogenated alkanes) is 3. The molecule has 0 saturated heterocycles. The summed E-state index contributed by atoms with van der Waals surface area (Å²) in [5.41, 5.74) is 2.18. The Hall–Kier alpha value is -1.08. The van der Waals surface area contributed by atoms with E-state index in [1.807, 2.05) is 30.3 Å². The van der Waals surface area contributed by atoms with E-state index in [1.165, 1.54) is 19.3 Å². The summed E-state index contributed by atoms with van der Waals surface area (Å²) in [5, 5.41) is 9.27. The third kappa shape index (κ3) is 4.30. The molecule has 0 amide bonds. The number of aliphatic hydroxyl groups is 1. The van der Waals surface area contributed by atoms with Crippen LogP contribution in [0.15, 0.2) is 36.4 Å². The highest BCUT2D eigenvalue weighted by Crippen LogP contribution is 2.15. The van der Waals surface area contributed by atoms with Crippen LogP contribution in [-0.2, 0) is 0 Å². The highest BCUT2D eigenvalue weighted by Gasteiger charge is 1.97. The molecule has 1 N–H and O–H groups in total. The first-order valence-corrected chi connectivity index (χ1v) is 5.73. The first-order chi connectivity index (χ1) is 7.38. The van der Waals surface area contributed by atoms with Crippen molar-refractivity contribution in [1.82, 2.24) is 0 Å². The van der Waals surface area contributed by atoms with Gasteiger partial charge in [-0.3, -0.25) is 0 Å². The van der Waals surface area contributed by atoms with E-state index >= 15 is 0 Å². The van der Waals surface area contributed by atoms with Gasteiger partial charge in [0.1, 0.15) is 0 Å². The van der Waals surface area contributed by atoms with E-state index in [2.05, 4.69) is 13.0 Å². The van der Waals surface area contributed by atoms with Crippen LogP contribution in [-0.4, -0.2) is 11.7 Å². The Labute approximate surface area is 92.5 Å². The summed E-state index contributed by atoms with van der Waals surface area (Å²) < 4.78 is 0. The lowest BCUT2D eigenvalue weighted by Gasteiger charge is -2.04. The summed E-state index contributed by atoms with van der Waals surface area (Å²) in [6, 6.07) is 10.1. The number of hydrogen-bond acceptors (Lipinski definition) is 1. The van der Waals surface area contributed by atoms with Crippen molar-refractivity contribution in [3.05, 3.63) is 42.0 Å². The molecule has 1 heteroatoms. The molecule has 0 spiro atoms. The fraction of sp³-hybridized carbons (Fsp3) is 0.429.